The first-order valence-corrected chi connectivity index (χ1v) is 10.9. The van der Waals surface area contributed by atoms with Gasteiger partial charge in [-0.1, -0.05) is 24.3 Å². The van der Waals surface area contributed by atoms with E-state index in [1.54, 1.807) is 18.1 Å². The van der Waals surface area contributed by atoms with Gasteiger partial charge in [-0.3, -0.25) is 4.99 Å². The minimum absolute atomic E-state index is 0. The van der Waals surface area contributed by atoms with Crippen molar-refractivity contribution in [2.75, 3.05) is 26.9 Å². The molecular formula is C24H31IN6O2. The van der Waals surface area contributed by atoms with Gasteiger partial charge in [-0.25, -0.2) is 9.67 Å². The molecule has 176 valence electrons. The van der Waals surface area contributed by atoms with Crippen LogP contribution in [-0.4, -0.2) is 47.6 Å². The molecule has 2 aromatic carbocycles. The van der Waals surface area contributed by atoms with E-state index in [1.165, 1.54) is 11.9 Å². The molecule has 0 amide bonds. The molecule has 9 heteroatoms. The summed E-state index contributed by atoms with van der Waals surface area (Å²) in [6.45, 7) is 5.68. The first kappa shape index (κ1) is 25.0. The smallest absolute Gasteiger partial charge is 0.191 e. The Bertz CT molecular complexity index is 1020. The van der Waals surface area contributed by atoms with Gasteiger partial charge >= 0.3 is 0 Å². The molecule has 1 fully saturated rings. The van der Waals surface area contributed by atoms with Crippen LogP contribution in [0.3, 0.4) is 0 Å². The molecule has 0 radical (unpaired) electrons. The third-order valence-electron chi connectivity index (χ3n) is 5.47. The number of rotatable bonds is 8. The second kappa shape index (κ2) is 12.5. The maximum absolute atomic E-state index is 6.15. The molecule has 2 heterocycles. The second-order valence-electron chi connectivity index (χ2n) is 7.94. The second-order valence-corrected chi connectivity index (χ2v) is 7.94. The number of hydrogen-bond acceptors (Lipinski definition) is 5. The van der Waals surface area contributed by atoms with E-state index in [2.05, 4.69) is 63.0 Å². The van der Waals surface area contributed by atoms with Crippen molar-refractivity contribution in [2.45, 2.75) is 26.4 Å². The molecule has 2 N–H and O–H groups in total. The van der Waals surface area contributed by atoms with Crippen LogP contribution in [0.1, 0.15) is 23.1 Å². The van der Waals surface area contributed by atoms with E-state index < -0.39 is 0 Å². The molecular weight excluding hydrogens is 531 g/mol. The molecule has 1 aliphatic heterocycles. The summed E-state index contributed by atoms with van der Waals surface area (Å²) >= 11 is 0. The SMILES string of the molecule is CN=C(NCc1ccc(-n2cncn2)cc1)NCc1ccc(C)cc1OCC1CCOC1.I. The van der Waals surface area contributed by atoms with E-state index in [-0.39, 0.29) is 24.0 Å². The van der Waals surface area contributed by atoms with Gasteiger partial charge in [0.1, 0.15) is 18.4 Å². The minimum atomic E-state index is 0. The summed E-state index contributed by atoms with van der Waals surface area (Å²) in [4.78, 5) is 8.33. The summed E-state index contributed by atoms with van der Waals surface area (Å²) in [6.07, 6.45) is 4.28. The summed E-state index contributed by atoms with van der Waals surface area (Å²) < 4.78 is 13.3. The quantitative estimate of drug-likeness (QED) is 0.249. The largest absolute Gasteiger partial charge is 0.493 e. The van der Waals surface area contributed by atoms with Crippen molar-refractivity contribution in [3.63, 3.8) is 0 Å². The third kappa shape index (κ3) is 7.16. The number of nitrogens with one attached hydrogen (secondary N) is 2. The van der Waals surface area contributed by atoms with Crippen LogP contribution in [0.4, 0.5) is 0 Å². The van der Waals surface area contributed by atoms with Crippen LogP contribution in [0, 0.1) is 12.8 Å². The van der Waals surface area contributed by atoms with Crippen molar-refractivity contribution in [1.29, 1.82) is 0 Å². The molecule has 0 aliphatic carbocycles. The molecule has 8 nitrogen and oxygen atoms in total. The number of guanidine groups is 1. The highest BCUT2D eigenvalue weighted by Crippen LogP contribution is 2.22. The fraction of sp³-hybridized carbons (Fsp3) is 0.375. The van der Waals surface area contributed by atoms with Crippen LogP contribution in [0.2, 0.25) is 0 Å². The van der Waals surface area contributed by atoms with Gasteiger partial charge in [0.25, 0.3) is 0 Å². The Morgan fingerprint density at radius 2 is 2.00 bits per heavy atom. The van der Waals surface area contributed by atoms with E-state index >= 15 is 0 Å². The zero-order valence-electron chi connectivity index (χ0n) is 19.0. The van der Waals surface area contributed by atoms with Crippen molar-refractivity contribution >= 4 is 29.9 Å². The summed E-state index contributed by atoms with van der Waals surface area (Å²) in [5.74, 6) is 2.13. The first-order chi connectivity index (χ1) is 15.7. The molecule has 0 bridgehead atoms. The van der Waals surface area contributed by atoms with E-state index in [4.69, 9.17) is 9.47 Å². The average Bonchev–Trinajstić information content (AvgIpc) is 3.54. The Labute approximate surface area is 211 Å². The van der Waals surface area contributed by atoms with Gasteiger partial charge in [0, 0.05) is 38.2 Å². The Morgan fingerprint density at radius 3 is 2.70 bits per heavy atom. The highest BCUT2D eigenvalue weighted by Gasteiger charge is 2.17. The molecule has 1 saturated heterocycles. The number of halogens is 1. The normalized spacial score (nSPS) is 15.7. The standard InChI is InChI=1S/C24H30N6O2.HI/c1-18-3-6-21(23(11-18)32-15-20-9-10-31-14-20)13-28-24(25-2)27-12-19-4-7-22(8-5-19)30-17-26-16-29-30;/h3-8,11,16-17,20H,9-10,12-15H2,1-2H3,(H2,25,27,28);1H. The summed E-state index contributed by atoms with van der Waals surface area (Å²) in [5, 5.41) is 10.9. The Hall–Kier alpha value is -2.66. The van der Waals surface area contributed by atoms with Crippen molar-refractivity contribution < 1.29 is 9.47 Å². The maximum atomic E-state index is 6.15. The predicted octanol–water partition coefficient (Wildman–Crippen LogP) is 3.47. The predicted molar refractivity (Wildman–Crippen MR) is 139 cm³/mol. The lowest BCUT2D eigenvalue weighted by Gasteiger charge is -2.17. The molecule has 33 heavy (non-hydrogen) atoms. The molecule has 0 spiro atoms. The number of aryl methyl sites for hydroxylation is 1. The van der Waals surface area contributed by atoms with E-state index in [0.29, 0.717) is 25.6 Å². The molecule has 3 aromatic rings. The fourth-order valence-electron chi connectivity index (χ4n) is 3.56. The van der Waals surface area contributed by atoms with Crippen LogP contribution >= 0.6 is 24.0 Å². The van der Waals surface area contributed by atoms with Crippen molar-refractivity contribution in [1.82, 2.24) is 25.4 Å². The van der Waals surface area contributed by atoms with Crippen LogP contribution in [0.25, 0.3) is 5.69 Å². The molecule has 1 atom stereocenters. The fourth-order valence-corrected chi connectivity index (χ4v) is 3.56. The lowest BCUT2D eigenvalue weighted by molar-refractivity contribution is 0.166. The lowest BCUT2D eigenvalue weighted by atomic mass is 10.1. The van der Waals surface area contributed by atoms with E-state index in [1.807, 2.05) is 12.1 Å². The average molecular weight is 562 g/mol. The van der Waals surface area contributed by atoms with Gasteiger partial charge in [-0.05, 0) is 42.7 Å². The van der Waals surface area contributed by atoms with Gasteiger partial charge in [0.15, 0.2) is 5.96 Å². The highest BCUT2D eigenvalue weighted by molar-refractivity contribution is 14.0. The molecule has 1 aromatic heterocycles. The number of aliphatic imine (C=N–C) groups is 1. The van der Waals surface area contributed by atoms with Gasteiger partial charge in [0.2, 0.25) is 0 Å². The molecule has 4 rings (SSSR count). The lowest BCUT2D eigenvalue weighted by Crippen LogP contribution is -2.36. The number of nitrogens with zero attached hydrogens (tertiary/aromatic N) is 4. The maximum Gasteiger partial charge on any atom is 0.191 e. The molecule has 1 aliphatic rings. The summed E-state index contributed by atoms with van der Waals surface area (Å²) in [6, 6.07) is 14.5. The topological polar surface area (TPSA) is 85.6 Å². The third-order valence-corrected chi connectivity index (χ3v) is 5.47. The van der Waals surface area contributed by atoms with Crippen molar-refractivity contribution in [2.24, 2.45) is 10.9 Å². The number of ether oxygens (including phenoxy) is 2. The van der Waals surface area contributed by atoms with Gasteiger partial charge in [0.05, 0.1) is 18.9 Å². The molecule has 1 unspecified atom stereocenters. The van der Waals surface area contributed by atoms with Gasteiger partial charge in [-0.2, -0.15) is 5.10 Å². The zero-order valence-corrected chi connectivity index (χ0v) is 21.4. The van der Waals surface area contributed by atoms with Crippen LogP contribution in [0.5, 0.6) is 5.75 Å². The minimum Gasteiger partial charge on any atom is -0.493 e. The van der Waals surface area contributed by atoms with Crippen LogP contribution < -0.4 is 15.4 Å². The van der Waals surface area contributed by atoms with Gasteiger partial charge in [-0.15, -0.1) is 24.0 Å². The Morgan fingerprint density at radius 1 is 1.18 bits per heavy atom. The zero-order chi connectivity index (χ0) is 22.2. The number of hydrogen-bond donors (Lipinski definition) is 2. The highest BCUT2D eigenvalue weighted by atomic mass is 127. The Balaban J connectivity index is 0.00000306. The van der Waals surface area contributed by atoms with E-state index in [0.717, 1.165) is 48.2 Å². The Kier molecular flexibility index (Phi) is 9.49. The van der Waals surface area contributed by atoms with Crippen LogP contribution in [-0.2, 0) is 17.8 Å². The summed E-state index contributed by atoms with van der Waals surface area (Å²) in [7, 11) is 1.77. The first-order valence-electron chi connectivity index (χ1n) is 10.9. The molecule has 0 saturated carbocycles. The number of aromatic nitrogens is 3. The monoisotopic (exact) mass is 562 g/mol. The number of benzene rings is 2. The van der Waals surface area contributed by atoms with Crippen molar-refractivity contribution in [3.05, 3.63) is 71.8 Å². The van der Waals surface area contributed by atoms with Gasteiger partial charge < -0.3 is 20.1 Å². The van der Waals surface area contributed by atoms with Crippen molar-refractivity contribution in [3.8, 4) is 11.4 Å². The van der Waals surface area contributed by atoms with Crippen LogP contribution in [0.15, 0.2) is 60.1 Å². The van der Waals surface area contributed by atoms with E-state index in [9.17, 15) is 0 Å². The summed E-state index contributed by atoms with van der Waals surface area (Å²) in [5.41, 5.74) is 4.41.